The van der Waals surface area contributed by atoms with Gasteiger partial charge in [-0.05, 0) is 36.4 Å². The zero-order valence-electron chi connectivity index (χ0n) is 15.2. The Kier molecular flexibility index (Phi) is 5.78. The molecule has 0 fully saturated rings. The van der Waals surface area contributed by atoms with Gasteiger partial charge in [-0.15, -0.1) is 5.10 Å². The molecule has 0 aliphatic carbocycles. The average molecular weight is 365 g/mol. The van der Waals surface area contributed by atoms with Crippen LogP contribution in [0.3, 0.4) is 0 Å². The maximum absolute atomic E-state index is 5.33. The summed E-state index contributed by atoms with van der Waals surface area (Å²) in [6, 6.07) is 13.0. The summed E-state index contributed by atoms with van der Waals surface area (Å²) in [4.78, 5) is 4.41. The summed E-state index contributed by atoms with van der Waals surface area (Å²) in [6.07, 6.45) is 3.20. The van der Waals surface area contributed by atoms with Gasteiger partial charge in [-0.3, -0.25) is 0 Å². The van der Waals surface area contributed by atoms with Crippen molar-refractivity contribution in [1.29, 1.82) is 0 Å². The molecule has 3 aromatic rings. The third-order valence-electron chi connectivity index (χ3n) is 3.75. The van der Waals surface area contributed by atoms with E-state index in [1.165, 1.54) is 0 Å². The molecule has 0 bridgehead atoms. The Morgan fingerprint density at radius 3 is 2.37 bits per heavy atom. The molecule has 27 heavy (non-hydrogen) atoms. The molecule has 1 heterocycles. The van der Waals surface area contributed by atoms with Crippen molar-refractivity contribution in [3.05, 3.63) is 54.2 Å². The topological polar surface area (TPSA) is 90.8 Å². The van der Waals surface area contributed by atoms with Crippen LogP contribution in [0, 0.1) is 0 Å². The molecule has 8 heteroatoms. The highest BCUT2D eigenvalue weighted by atomic mass is 16.5. The van der Waals surface area contributed by atoms with Crippen LogP contribution in [0.25, 0.3) is 11.3 Å². The van der Waals surface area contributed by atoms with Crippen molar-refractivity contribution in [2.45, 2.75) is 0 Å². The van der Waals surface area contributed by atoms with Gasteiger partial charge in [0.15, 0.2) is 0 Å². The van der Waals surface area contributed by atoms with Gasteiger partial charge in [0.2, 0.25) is 0 Å². The third-order valence-corrected chi connectivity index (χ3v) is 3.75. The van der Waals surface area contributed by atoms with Crippen molar-refractivity contribution in [2.24, 2.45) is 5.10 Å². The fourth-order valence-corrected chi connectivity index (χ4v) is 2.34. The predicted molar refractivity (Wildman–Crippen MR) is 103 cm³/mol. The second kappa shape index (κ2) is 8.61. The van der Waals surface area contributed by atoms with Crippen LogP contribution < -0.4 is 19.6 Å². The van der Waals surface area contributed by atoms with E-state index in [0.717, 1.165) is 16.9 Å². The zero-order chi connectivity index (χ0) is 19.1. The van der Waals surface area contributed by atoms with Gasteiger partial charge in [-0.25, -0.2) is 10.4 Å². The summed E-state index contributed by atoms with van der Waals surface area (Å²) in [5.74, 6) is 2.41. The van der Waals surface area contributed by atoms with Crippen molar-refractivity contribution in [3.8, 4) is 28.5 Å². The Balaban J connectivity index is 1.74. The number of aromatic nitrogens is 3. The van der Waals surface area contributed by atoms with Gasteiger partial charge < -0.3 is 14.2 Å². The van der Waals surface area contributed by atoms with E-state index in [0.29, 0.717) is 17.2 Å². The number of nitrogens with one attached hydrogen (secondary N) is 1. The highest BCUT2D eigenvalue weighted by molar-refractivity contribution is 5.84. The normalized spacial score (nSPS) is 10.6. The SMILES string of the molecule is COc1ccc(-c2cnnc(NN=Cc3ccc(OC)cc3OC)n2)cc1. The standard InChI is InChI=1S/C19H19N5O3/c1-25-15-7-4-13(5-8-15)17-12-21-24-19(22-17)23-20-11-14-6-9-16(26-2)10-18(14)27-3/h4-12H,1-3H3,(H,22,23,24). The van der Waals surface area contributed by atoms with Crippen LogP contribution in [0.15, 0.2) is 53.8 Å². The number of ether oxygens (including phenoxy) is 3. The Labute approximate surface area is 156 Å². The van der Waals surface area contributed by atoms with E-state index < -0.39 is 0 Å². The molecular formula is C19H19N5O3. The van der Waals surface area contributed by atoms with E-state index in [9.17, 15) is 0 Å². The summed E-state index contributed by atoms with van der Waals surface area (Å²) in [7, 11) is 4.81. The van der Waals surface area contributed by atoms with Gasteiger partial charge in [0.25, 0.3) is 5.95 Å². The first kappa shape index (κ1) is 18.1. The Morgan fingerprint density at radius 1 is 0.926 bits per heavy atom. The lowest BCUT2D eigenvalue weighted by atomic mass is 10.1. The number of rotatable bonds is 7. The third kappa shape index (κ3) is 4.49. The van der Waals surface area contributed by atoms with Crippen molar-refractivity contribution in [3.63, 3.8) is 0 Å². The van der Waals surface area contributed by atoms with Crippen LogP contribution in [-0.4, -0.2) is 42.7 Å². The predicted octanol–water partition coefficient (Wildman–Crippen LogP) is 3.01. The number of hydrazone groups is 1. The molecule has 0 unspecified atom stereocenters. The van der Waals surface area contributed by atoms with Crippen molar-refractivity contribution in [1.82, 2.24) is 15.2 Å². The van der Waals surface area contributed by atoms with Crippen molar-refractivity contribution >= 4 is 12.2 Å². The van der Waals surface area contributed by atoms with Crippen LogP contribution >= 0.6 is 0 Å². The molecule has 0 spiro atoms. The van der Waals surface area contributed by atoms with Crippen molar-refractivity contribution < 1.29 is 14.2 Å². The molecule has 1 aromatic heterocycles. The average Bonchev–Trinajstić information content (AvgIpc) is 2.74. The number of methoxy groups -OCH3 is 3. The lowest BCUT2D eigenvalue weighted by molar-refractivity contribution is 0.394. The number of hydrogen-bond acceptors (Lipinski definition) is 8. The van der Waals surface area contributed by atoms with Crippen LogP contribution in [0.5, 0.6) is 17.2 Å². The maximum Gasteiger partial charge on any atom is 0.263 e. The number of benzene rings is 2. The van der Waals surface area contributed by atoms with Gasteiger partial charge in [0, 0.05) is 17.2 Å². The van der Waals surface area contributed by atoms with E-state index >= 15 is 0 Å². The molecule has 0 aliphatic rings. The summed E-state index contributed by atoms with van der Waals surface area (Å²) < 4.78 is 15.7. The first-order valence-electron chi connectivity index (χ1n) is 8.08. The molecule has 2 aromatic carbocycles. The monoisotopic (exact) mass is 365 g/mol. The second-order valence-electron chi connectivity index (χ2n) is 5.37. The summed E-state index contributed by atoms with van der Waals surface area (Å²) in [6.45, 7) is 0. The zero-order valence-corrected chi connectivity index (χ0v) is 15.2. The lowest BCUT2D eigenvalue weighted by Crippen LogP contribution is -2.00. The van der Waals surface area contributed by atoms with E-state index in [1.54, 1.807) is 39.8 Å². The molecule has 8 nitrogen and oxygen atoms in total. The molecule has 0 radical (unpaired) electrons. The van der Waals surface area contributed by atoms with E-state index in [4.69, 9.17) is 14.2 Å². The fourth-order valence-electron chi connectivity index (χ4n) is 2.34. The van der Waals surface area contributed by atoms with Crippen LogP contribution in [-0.2, 0) is 0 Å². The molecular weight excluding hydrogens is 346 g/mol. The summed E-state index contributed by atoms with van der Waals surface area (Å²) in [5.41, 5.74) is 5.13. The van der Waals surface area contributed by atoms with E-state index in [1.807, 2.05) is 36.4 Å². The Morgan fingerprint density at radius 2 is 1.67 bits per heavy atom. The molecule has 138 valence electrons. The quantitative estimate of drug-likeness (QED) is 0.508. The smallest absolute Gasteiger partial charge is 0.263 e. The highest BCUT2D eigenvalue weighted by Gasteiger charge is 2.05. The molecule has 0 aliphatic heterocycles. The largest absolute Gasteiger partial charge is 0.497 e. The van der Waals surface area contributed by atoms with Crippen LogP contribution in [0.1, 0.15) is 5.56 Å². The van der Waals surface area contributed by atoms with Crippen molar-refractivity contribution in [2.75, 3.05) is 26.8 Å². The Bertz CT molecular complexity index is 929. The molecule has 0 amide bonds. The second-order valence-corrected chi connectivity index (χ2v) is 5.37. The van der Waals surface area contributed by atoms with Crippen LogP contribution in [0.4, 0.5) is 5.95 Å². The lowest BCUT2D eigenvalue weighted by Gasteiger charge is -2.07. The molecule has 3 rings (SSSR count). The van der Waals surface area contributed by atoms with Gasteiger partial charge >= 0.3 is 0 Å². The maximum atomic E-state index is 5.33. The Hall–Kier alpha value is -3.68. The fraction of sp³-hybridized carbons (Fsp3) is 0.158. The minimum Gasteiger partial charge on any atom is -0.497 e. The van der Waals surface area contributed by atoms with E-state index in [2.05, 4.69) is 25.7 Å². The molecule has 1 N–H and O–H groups in total. The molecule has 0 saturated carbocycles. The minimum atomic E-state index is 0.284. The molecule has 0 saturated heterocycles. The van der Waals surface area contributed by atoms with E-state index in [-0.39, 0.29) is 5.95 Å². The number of nitrogens with zero attached hydrogens (tertiary/aromatic N) is 4. The highest BCUT2D eigenvalue weighted by Crippen LogP contribution is 2.23. The van der Waals surface area contributed by atoms with Gasteiger partial charge in [-0.2, -0.15) is 10.2 Å². The minimum absolute atomic E-state index is 0.284. The van der Waals surface area contributed by atoms with Gasteiger partial charge in [0.05, 0.1) is 39.4 Å². The summed E-state index contributed by atoms with van der Waals surface area (Å²) in [5, 5.41) is 12.1. The first-order valence-corrected chi connectivity index (χ1v) is 8.08. The van der Waals surface area contributed by atoms with Gasteiger partial charge in [0.1, 0.15) is 17.2 Å². The number of hydrogen-bond donors (Lipinski definition) is 1. The van der Waals surface area contributed by atoms with Crippen LogP contribution in [0.2, 0.25) is 0 Å². The number of anilines is 1. The van der Waals surface area contributed by atoms with Gasteiger partial charge in [-0.1, -0.05) is 0 Å². The molecule has 0 atom stereocenters. The first-order chi connectivity index (χ1) is 13.2. The summed E-state index contributed by atoms with van der Waals surface area (Å²) >= 11 is 0.